The summed E-state index contributed by atoms with van der Waals surface area (Å²) in [5.74, 6) is -8.04. The number of rotatable bonds is 20. The molecule has 0 spiro atoms. The molecule has 0 aliphatic carbocycles. The first-order chi connectivity index (χ1) is 26.3. The van der Waals surface area contributed by atoms with E-state index in [1.807, 2.05) is 13.0 Å². The molecule has 0 aromatic rings. The molecule has 318 valence electrons. The lowest BCUT2D eigenvalue weighted by molar-refractivity contribution is -0.372. The fourth-order valence-corrected chi connectivity index (χ4v) is 6.97. The summed E-state index contributed by atoms with van der Waals surface area (Å²) < 4.78 is 60.6. The number of aliphatic imine (C=N–C) groups is 1. The fraction of sp³-hybridized carbons (Fsp3) is 0.737. The first-order valence-corrected chi connectivity index (χ1v) is 19.0. The van der Waals surface area contributed by atoms with Crippen LogP contribution < -0.4 is 22.1 Å². The molecule has 3 rings (SSSR count). The number of carboxylic acids is 1. The smallest absolute Gasteiger partial charge is 0.326 e. The van der Waals surface area contributed by atoms with Gasteiger partial charge >= 0.3 is 5.97 Å². The quantitative estimate of drug-likeness (QED) is 0.0234. The number of aliphatic carboxylic acids is 1. The molecule has 3 saturated heterocycles. The number of carbonyl (C=O) groups excluding carboxylic acids is 2. The number of guanidine groups is 1. The first-order valence-electron chi connectivity index (χ1n) is 19.0. The number of nitrogens with zero attached hydrogens (tertiary/aromatic N) is 1. The van der Waals surface area contributed by atoms with Gasteiger partial charge in [-0.25, -0.2) is 13.6 Å². The van der Waals surface area contributed by atoms with Crippen molar-refractivity contribution in [3.05, 3.63) is 36.5 Å². The number of hydrogen-bond acceptors (Lipinski definition) is 11. The molecule has 0 bridgehead atoms. The van der Waals surface area contributed by atoms with Crippen molar-refractivity contribution >= 4 is 23.7 Å². The van der Waals surface area contributed by atoms with Crippen molar-refractivity contribution < 1.29 is 62.2 Å². The van der Waals surface area contributed by atoms with E-state index in [1.54, 1.807) is 13.0 Å². The Morgan fingerprint density at radius 2 is 1.80 bits per heavy atom. The number of nitrogens with two attached hydrogens (primary N) is 2. The Hall–Kier alpha value is -3.52. The number of methoxy groups -OCH3 is 1. The molecule has 0 unspecified atom stereocenters. The van der Waals surface area contributed by atoms with Crippen LogP contribution in [-0.2, 0) is 38.1 Å². The van der Waals surface area contributed by atoms with E-state index < -0.39 is 90.6 Å². The summed E-state index contributed by atoms with van der Waals surface area (Å²) in [6, 6.07) is -1.08. The molecule has 3 aliphatic rings. The standard InChI is InChI=1S/C38H61F2N5O11/c1-22-20-37(52-6,56-24(3)23(22)2)30(48)32(49)45-33-29-31(53-21-54-33)38(39,40)36(4,5)27(55-29)19-25(46)15-12-10-8-7-9-11-13-17-28(47)44-26(34(50)51)16-14-18-43-35(41)42/h9,11,13,17,23-27,29-31,33,46,48H,1,7-8,10,12,14-16,18-21H2,2-6H3,(H,44,47)(H,45,49)(H,50,51)(H4,41,42,43)/b11-9+,17-13+/t23-,24-,25-,26+,27-,29+,30-,31+,33+,37-/m1/s1. The number of nitrogens with one attached hydrogen (secondary N) is 2. The average Bonchev–Trinajstić information content (AvgIpc) is 3.13. The normalized spacial score (nSPS) is 30.3. The zero-order valence-corrected chi connectivity index (χ0v) is 33.0. The zero-order chi connectivity index (χ0) is 41.8. The van der Waals surface area contributed by atoms with Gasteiger partial charge in [-0.15, -0.1) is 0 Å². The Labute approximate surface area is 327 Å². The molecule has 18 heteroatoms. The highest BCUT2D eigenvalue weighted by Gasteiger charge is 2.67. The minimum Gasteiger partial charge on any atom is -0.480 e. The summed E-state index contributed by atoms with van der Waals surface area (Å²) in [6.07, 6.45) is 0.751. The van der Waals surface area contributed by atoms with Crippen molar-refractivity contribution in [2.75, 3.05) is 20.4 Å². The van der Waals surface area contributed by atoms with E-state index in [9.17, 15) is 29.7 Å². The number of fused-ring (bicyclic) bond motifs is 1. The highest BCUT2D eigenvalue weighted by Crippen LogP contribution is 2.52. The molecule has 3 fully saturated rings. The number of unbranched alkanes of at least 4 members (excludes halogenated alkanes) is 3. The van der Waals surface area contributed by atoms with Gasteiger partial charge in [0.15, 0.2) is 24.4 Å². The van der Waals surface area contributed by atoms with Gasteiger partial charge in [0.1, 0.15) is 18.9 Å². The molecule has 9 N–H and O–H groups in total. The SMILES string of the molecule is C=C1C[C@](OC)([C@H](O)C(=O)N[C@H]2OCO[C@H]3[C@@H]2O[C@H](C[C@H](O)CCCCC/C=C/C=C/C(=O)N[C@@H](CCCN=C(N)N)C(=O)O)C(C)(C)C3(F)F)O[C@H](C)[C@@H]1C. The first kappa shape index (κ1) is 46.9. The highest BCUT2D eigenvalue weighted by molar-refractivity contribution is 5.91. The number of aliphatic hydroxyl groups excluding tert-OH is 2. The van der Waals surface area contributed by atoms with Crippen molar-refractivity contribution in [2.45, 2.75) is 146 Å². The molecular weight excluding hydrogens is 740 g/mol. The van der Waals surface area contributed by atoms with Crippen LogP contribution in [0.4, 0.5) is 8.78 Å². The van der Waals surface area contributed by atoms with Crippen LogP contribution in [0.1, 0.15) is 85.5 Å². The largest absolute Gasteiger partial charge is 0.480 e. The molecule has 0 aromatic heterocycles. The van der Waals surface area contributed by atoms with Crippen molar-refractivity contribution in [3.8, 4) is 0 Å². The molecule has 16 nitrogen and oxygen atoms in total. The summed E-state index contributed by atoms with van der Waals surface area (Å²) in [5.41, 5.74) is 9.45. The molecule has 10 atom stereocenters. The maximum Gasteiger partial charge on any atom is 0.326 e. The fourth-order valence-electron chi connectivity index (χ4n) is 6.97. The average molecular weight is 802 g/mol. The number of aliphatic hydroxyl groups is 2. The van der Waals surface area contributed by atoms with Crippen LogP contribution in [0.3, 0.4) is 0 Å². The van der Waals surface area contributed by atoms with E-state index >= 15 is 8.78 Å². The molecule has 2 amide bonds. The number of hydrogen-bond donors (Lipinski definition) is 7. The third-order valence-electron chi connectivity index (χ3n) is 10.9. The molecule has 0 aromatic carbocycles. The maximum absolute atomic E-state index is 16.1. The van der Waals surface area contributed by atoms with Crippen molar-refractivity contribution in [3.63, 3.8) is 0 Å². The summed E-state index contributed by atoms with van der Waals surface area (Å²) in [7, 11) is 1.29. The molecule has 0 radical (unpaired) electrons. The number of allylic oxidation sites excluding steroid dienone is 3. The Balaban J connectivity index is 1.48. The third kappa shape index (κ3) is 12.0. The van der Waals surface area contributed by atoms with Gasteiger partial charge in [0.2, 0.25) is 11.7 Å². The van der Waals surface area contributed by atoms with E-state index in [2.05, 4.69) is 22.2 Å². The van der Waals surface area contributed by atoms with Crippen LogP contribution in [0.15, 0.2) is 41.4 Å². The van der Waals surface area contributed by atoms with Gasteiger partial charge in [0.05, 0.1) is 23.7 Å². The van der Waals surface area contributed by atoms with Crippen molar-refractivity contribution in [1.29, 1.82) is 0 Å². The lowest BCUT2D eigenvalue weighted by atomic mass is 9.71. The molecule has 3 heterocycles. The van der Waals surface area contributed by atoms with Crippen LogP contribution in [0, 0.1) is 11.3 Å². The van der Waals surface area contributed by atoms with E-state index in [0.717, 1.165) is 12.8 Å². The minimum atomic E-state index is -3.45. The summed E-state index contributed by atoms with van der Waals surface area (Å²) in [5, 5.41) is 36.3. The predicted octanol–water partition coefficient (Wildman–Crippen LogP) is 2.37. The molecule has 3 aliphatic heterocycles. The lowest BCUT2D eigenvalue weighted by Crippen LogP contribution is -2.71. The highest BCUT2D eigenvalue weighted by atomic mass is 19.3. The second-order valence-electron chi connectivity index (χ2n) is 15.3. The van der Waals surface area contributed by atoms with Gasteiger partial charge in [-0.05, 0) is 39.0 Å². The van der Waals surface area contributed by atoms with Crippen LogP contribution in [0.5, 0.6) is 0 Å². The summed E-state index contributed by atoms with van der Waals surface area (Å²) >= 11 is 0. The van der Waals surface area contributed by atoms with Gasteiger partial charge in [0, 0.05) is 38.5 Å². The molecular formula is C38H61F2N5O11. The van der Waals surface area contributed by atoms with Gasteiger partial charge < -0.3 is 61.1 Å². The number of ether oxygens (including phenoxy) is 5. The molecule has 56 heavy (non-hydrogen) atoms. The second kappa shape index (κ2) is 20.8. The second-order valence-corrected chi connectivity index (χ2v) is 15.3. The van der Waals surface area contributed by atoms with E-state index in [1.165, 1.54) is 33.1 Å². The van der Waals surface area contributed by atoms with Gasteiger partial charge in [-0.2, -0.15) is 0 Å². The number of amides is 2. The van der Waals surface area contributed by atoms with Crippen LogP contribution >= 0.6 is 0 Å². The topological polar surface area (TPSA) is 247 Å². The Morgan fingerprint density at radius 3 is 2.45 bits per heavy atom. The number of carboxylic acid groups (broad SMARTS) is 1. The third-order valence-corrected chi connectivity index (χ3v) is 10.9. The molecule has 0 saturated carbocycles. The van der Waals surface area contributed by atoms with Gasteiger partial charge in [0.25, 0.3) is 11.8 Å². The van der Waals surface area contributed by atoms with E-state index in [-0.39, 0.29) is 37.7 Å². The maximum atomic E-state index is 16.1. The monoisotopic (exact) mass is 801 g/mol. The number of halogens is 2. The number of carbonyl (C=O) groups is 3. The summed E-state index contributed by atoms with van der Waals surface area (Å²) in [4.78, 5) is 40.7. The van der Waals surface area contributed by atoms with E-state index in [0.29, 0.717) is 31.3 Å². The Morgan fingerprint density at radius 1 is 1.09 bits per heavy atom. The lowest BCUT2D eigenvalue weighted by Gasteiger charge is -2.54. The minimum absolute atomic E-state index is 0.0325. The summed E-state index contributed by atoms with van der Waals surface area (Å²) in [6.45, 7) is 10.1. The van der Waals surface area contributed by atoms with Crippen molar-refractivity contribution in [1.82, 2.24) is 10.6 Å². The number of alkyl halides is 2. The van der Waals surface area contributed by atoms with Gasteiger partial charge in [-0.3, -0.25) is 14.6 Å². The van der Waals surface area contributed by atoms with Gasteiger partial charge in [-0.1, -0.05) is 64.0 Å². The van der Waals surface area contributed by atoms with Crippen LogP contribution in [0.25, 0.3) is 0 Å². The predicted molar refractivity (Wildman–Crippen MR) is 201 cm³/mol. The van der Waals surface area contributed by atoms with E-state index in [4.69, 9.17) is 35.2 Å². The zero-order valence-electron chi connectivity index (χ0n) is 33.0. The van der Waals surface area contributed by atoms with Crippen LogP contribution in [-0.4, -0.2) is 120 Å². The Kier molecular flexibility index (Phi) is 17.4. The van der Waals surface area contributed by atoms with Crippen LogP contribution in [0.2, 0.25) is 0 Å². The Bertz CT molecular complexity index is 1440. The van der Waals surface area contributed by atoms with Crippen molar-refractivity contribution in [2.24, 2.45) is 27.8 Å².